The van der Waals surface area contributed by atoms with Gasteiger partial charge in [-0.3, -0.25) is 4.90 Å². The number of thiophene rings is 1. The van der Waals surface area contributed by atoms with E-state index >= 15 is 0 Å². The summed E-state index contributed by atoms with van der Waals surface area (Å²) in [5, 5.41) is 5.38. The van der Waals surface area contributed by atoms with Crippen LogP contribution in [0.5, 0.6) is 0 Å². The molecular formula is C18H24N2O2S2. The Bertz CT molecular complexity index is 691. The van der Waals surface area contributed by atoms with Crippen molar-refractivity contribution in [3.63, 3.8) is 0 Å². The van der Waals surface area contributed by atoms with E-state index in [9.17, 15) is 0 Å². The van der Waals surface area contributed by atoms with Crippen molar-refractivity contribution in [2.75, 3.05) is 26.3 Å². The first kappa shape index (κ1) is 16.7. The predicted molar refractivity (Wildman–Crippen MR) is 97.6 cm³/mol. The van der Waals surface area contributed by atoms with Crippen molar-refractivity contribution in [3.8, 4) is 0 Å². The van der Waals surface area contributed by atoms with Crippen molar-refractivity contribution in [1.29, 1.82) is 0 Å². The second-order valence-electron chi connectivity index (χ2n) is 6.94. The SMILES string of the molecule is Cc1nc(COC[C@H]2CCOC23CN(Cc2sccc2C)C3)cs1. The van der Waals surface area contributed by atoms with Gasteiger partial charge in [0.15, 0.2) is 0 Å². The monoisotopic (exact) mass is 364 g/mol. The summed E-state index contributed by atoms with van der Waals surface area (Å²) < 4.78 is 12.1. The lowest BCUT2D eigenvalue weighted by atomic mass is 9.81. The molecule has 6 heteroatoms. The van der Waals surface area contributed by atoms with Gasteiger partial charge in [0.1, 0.15) is 0 Å². The van der Waals surface area contributed by atoms with Gasteiger partial charge in [0.2, 0.25) is 0 Å². The number of hydrogen-bond acceptors (Lipinski definition) is 6. The van der Waals surface area contributed by atoms with Crippen LogP contribution in [0.15, 0.2) is 16.8 Å². The summed E-state index contributed by atoms with van der Waals surface area (Å²) in [5.41, 5.74) is 2.49. The van der Waals surface area contributed by atoms with E-state index in [0.717, 1.165) is 50.0 Å². The summed E-state index contributed by atoms with van der Waals surface area (Å²) in [6.07, 6.45) is 1.11. The molecule has 0 aliphatic carbocycles. The van der Waals surface area contributed by atoms with Crippen LogP contribution in [0, 0.1) is 19.8 Å². The van der Waals surface area contributed by atoms with Crippen molar-refractivity contribution < 1.29 is 9.47 Å². The molecular weight excluding hydrogens is 340 g/mol. The number of nitrogens with zero attached hydrogens (tertiary/aromatic N) is 2. The largest absolute Gasteiger partial charge is 0.375 e. The zero-order valence-corrected chi connectivity index (χ0v) is 15.9. The van der Waals surface area contributed by atoms with Gasteiger partial charge in [0, 0.05) is 42.4 Å². The Labute approximate surface area is 151 Å². The Kier molecular flexibility index (Phi) is 4.75. The highest BCUT2D eigenvalue weighted by molar-refractivity contribution is 7.10. The molecule has 4 nitrogen and oxygen atoms in total. The van der Waals surface area contributed by atoms with Gasteiger partial charge in [-0.05, 0) is 37.3 Å². The van der Waals surface area contributed by atoms with Crippen molar-refractivity contribution >= 4 is 22.7 Å². The molecule has 0 amide bonds. The van der Waals surface area contributed by atoms with Gasteiger partial charge in [-0.2, -0.15) is 0 Å². The average molecular weight is 365 g/mol. The fourth-order valence-electron chi connectivity index (χ4n) is 3.74. The first-order chi connectivity index (χ1) is 11.6. The molecule has 2 aromatic rings. The molecule has 0 unspecified atom stereocenters. The summed E-state index contributed by atoms with van der Waals surface area (Å²) >= 11 is 3.54. The Hall–Kier alpha value is -0.790. The van der Waals surface area contributed by atoms with Gasteiger partial charge in [0.05, 0.1) is 29.5 Å². The summed E-state index contributed by atoms with van der Waals surface area (Å²) in [6, 6.07) is 2.21. The molecule has 1 atom stereocenters. The quantitative estimate of drug-likeness (QED) is 0.784. The molecule has 2 saturated heterocycles. The van der Waals surface area contributed by atoms with Crippen molar-refractivity contribution in [3.05, 3.63) is 38.0 Å². The van der Waals surface area contributed by atoms with Crippen molar-refractivity contribution in [1.82, 2.24) is 9.88 Å². The van der Waals surface area contributed by atoms with Crippen LogP contribution in [0.1, 0.15) is 27.6 Å². The van der Waals surface area contributed by atoms with Crippen LogP contribution < -0.4 is 0 Å². The summed E-state index contributed by atoms with van der Waals surface area (Å²) in [4.78, 5) is 8.44. The maximum absolute atomic E-state index is 6.14. The minimum Gasteiger partial charge on any atom is -0.375 e. The van der Waals surface area contributed by atoms with E-state index in [4.69, 9.17) is 9.47 Å². The Morgan fingerprint density at radius 2 is 2.25 bits per heavy atom. The maximum Gasteiger partial charge on any atom is 0.0985 e. The van der Waals surface area contributed by atoms with Gasteiger partial charge < -0.3 is 9.47 Å². The summed E-state index contributed by atoms with van der Waals surface area (Å²) in [6.45, 7) is 9.63. The molecule has 0 radical (unpaired) electrons. The standard InChI is InChI=1S/C18H24N2O2S2/c1-13-4-6-23-17(13)7-20-11-18(12-20)15(3-5-22-18)8-21-9-16-10-24-14(2)19-16/h4,6,10,15H,3,5,7-9,11-12H2,1-2H3/t15-/m1/s1. The summed E-state index contributed by atoms with van der Waals surface area (Å²) in [5.74, 6) is 0.512. The van der Waals surface area contributed by atoms with Crippen LogP contribution in [-0.4, -0.2) is 41.8 Å². The van der Waals surface area contributed by atoms with Gasteiger partial charge in [-0.15, -0.1) is 22.7 Å². The minimum absolute atomic E-state index is 0.0309. The molecule has 0 aromatic carbocycles. The van der Waals surface area contributed by atoms with E-state index in [1.807, 2.05) is 18.3 Å². The molecule has 2 aliphatic heterocycles. The third kappa shape index (κ3) is 3.30. The highest BCUT2D eigenvalue weighted by Gasteiger charge is 2.52. The topological polar surface area (TPSA) is 34.6 Å². The van der Waals surface area contributed by atoms with E-state index < -0.39 is 0 Å². The number of ether oxygens (including phenoxy) is 2. The Morgan fingerprint density at radius 3 is 2.96 bits per heavy atom. The number of rotatable bonds is 6. The van der Waals surface area contributed by atoms with E-state index in [0.29, 0.717) is 12.5 Å². The molecule has 4 heterocycles. The zero-order valence-electron chi connectivity index (χ0n) is 14.3. The van der Waals surface area contributed by atoms with E-state index in [1.165, 1.54) is 10.4 Å². The minimum atomic E-state index is 0.0309. The van der Waals surface area contributed by atoms with Crippen LogP contribution in [0.2, 0.25) is 0 Å². The number of likely N-dealkylation sites (tertiary alicyclic amines) is 1. The molecule has 2 fully saturated rings. The third-order valence-electron chi connectivity index (χ3n) is 5.15. The first-order valence-corrected chi connectivity index (χ1v) is 10.3. The molecule has 130 valence electrons. The van der Waals surface area contributed by atoms with Crippen molar-refractivity contribution in [2.24, 2.45) is 5.92 Å². The zero-order chi connectivity index (χ0) is 16.6. The molecule has 2 aromatic heterocycles. The van der Waals surface area contributed by atoms with Gasteiger partial charge in [-0.25, -0.2) is 4.98 Å². The lowest BCUT2D eigenvalue weighted by molar-refractivity contribution is -0.146. The Morgan fingerprint density at radius 1 is 1.38 bits per heavy atom. The molecule has 4 rings (SSSR count). The third-order valence-corrected chi connectivity index (χ3v) is 6.98. The smallest absolute Gasteiger partial charge is 0.0985 e. The lowest BCUT2D eigenvalue weighted by Gasteiger charge is -2.50. The molecule has 0 bridgehead atoms. The number of thiazole rings is 1. The van der Waals surface area contributed by atoms with Gasteiger partial charge in [0.25, 0.3) is 0 Å². The van der Waals surface area contributed by atoms with E-state index in [-0.39, 0.29) is 5.60 Å². The molecule has 0 N–H and O–H groups in total. The second kappa shape index (κ2) is 6.84. The van der Waals surface area contributed by atoms with Crippen LogP contribution in [-0.2, 0) is 22.6 Å². The number of hydrogen-bond donors (Lipinski definition) is 0. The fraction of sp³-hybridized carbons (Fsp3) is 0.611. The van der Waals surface area contributed by atoms with Gasteiger partial charge >= 0.3 is 0 Å². The maximum atomic E-state index is 6.14. The second-order valence-corrected chi connectivity index (χ2v) is 9.01. The van der Waals surface area contributed by atoms with Crippen LogP contribution in [0.25, 0.3) is 0 Å². The average Bonchev–Trinajstić information content (AvgIpc) is 3.22. The van der Waals surface area contributed by atoms with E-state index in [2.05, 4.69) is 33.6 Å². The molecule has 24 heavy (non-hydrogen) atoms. The van der Waals surface area contributed by atoms with Crippen molar-refractivity contribution in [2.45, 2.75) is 39.0 Å². The number of aromatic nitrogens is 1. The van der Waals surface area contributed by atoms with Crippen LogP contribution >= 0.6 is 22.7 Å². The Balaban J connectivity index is 1.27. The molecule has 2 aliphatic rings. The fourth-order valence-corrected chi connectivity index (χ4v) is 5.29. The molecule has 1 spiro atoms. The number of aryl methyl sites for hydroxylation is 2. The van der Waals surface area contributed by atoms with Gasteiger partial charge in [-0.1, -0.05) is 0 Å². The first-order valence-electron chi connectivity index (χ1n) is 8.53. The van der Waals surface area contributed by atoms with E-state index in [1.54, 1.807) is 11.3 Å². The highest BCUT2D eigenvalue weighted by Crippen LogP contribution is 2.41. The normalized spacial score (nSPS) is 23.0. The summed E-state index contributed by atoms with van der Waals surface area (Å²) in [7, 11) is 0. The lowest BCUT2D eigenvalue weighted by Crippen LogP contribution is -2.64. The predicted octanol–water partition coefficient (Wildman–Crippen LogP) is 3.63. The van der Waals surface area contributed by atoms with Crippen LogP contribution in [0.4, 0.5) is 0 Å². The highest BCUT2D eigenvalue weighted by atomic mass is 32.1. The molecule has 0 saturated carbocycles. The van der Waals surface area contributed by atoms with Crippen LogP contribution in [0.3, 0.4) is 0 Å².